The summed E-state index contributed by atoms with van der Waals surface area (Å²) in [5.74, 6) is 0.281. The number of likely N-dealkylation sites (tertiary alicyclic amines) is 1. The van der Waals surface area contributed by atoms with E-state index in [9.17, 15) is 4.79 Å². The zero-order chi connectivity index (χ0) is 13.0. The Morgan fingerprint density at radius 2 is 1.89 bits per heavy atom. The van der Waals surface area contributed by atoms with E-state index in [-0.39, 0.29) is 5.91 Å². The van der Waals surface area contributed by atoms with E-state index in [1.165, 1.54) is 12.8 Å². The number of nitrogens with two attached hydrogens (primary N) is 1. The third kappa shape index (κ3) is 3.43. The van der Waals surface area contributed by atoms with Gasteiger partial charge in [-0.2, -0.15) is 0 Å². The standard InChI is InChI=1S/C13H26N4O/c1-15-6-8-16(9-7-15)13(18)11-17-5-3-2-4-12(17)10-14/h12H,2-11,14H2,1H3. The molecule has 0 aromatic heterocycles. The fraction of sp³-hybridized carbons (Fsp3) is 0.923. The topological polar surface area (TPSA) is 52.8 Å². The van der Waals surface area contributed by atoms with Crippen LogP contribution in [-0.4, -0.2) is 79.5 Å². The van der Waals surface area contributed by atoms with Gasteiger partial charge in [-0.3, -0.25) is 9.69 Å². The Kier molecular flexibility index (Phi) is 4.97. The van der Waals surface area contributed by atoms with E-state index in [0.717, 1.165) is 39.1 Å². The van der Waals surface area contributed by atoms with Crippen LogP contribution in [0.4, 0.5) is 0 Å². The minimum Gasteiger partial charge on any atom is -0.339 e. The molecule has 2 aliphatic heterocycles. The van der Waals surface area contributed by atoms with Crippen molar-refractivity contribution in [3.8, 4) is 0 Å². The molecule has 0 saturated carbocycles. The lowest BCUT2D eigenvalue weighted by molar-refractivity contribution is -0.134. The summed E-state index contributed by atoms with van der Waals surface area (Å²) in [6.45, 7) is 5.99. The second-order valence-corrected chi connectivity index (χ2v) is 5.54. The number of hydrogen-bond acceptors (Lipinski definition) is 4. The lowest BCUT2D eigenvalue weighted by Crippen LogP contribution is -2.53. The number of piperidine rings is 1. The van der Waals surface area contributed by atoms with Gasteiger partial charge in [0.05, 0.1) is 6.54 Å². The van der Waals surface area contributed by atoms with E-state index < -0.39 is 0 Å². The van der Waals surface area contributed by atoms with Crippen molar-refractivity contribution >= 4 is 5.91 Å². The highest BCUT2D eigenvalue weighted by molar-refractivity contribution is 5.78. The molecule has 1 unspecified atom stereocenters. The highest BCUT2D eigenvalue weighted by Crippen LogP contribution is 2.16. The number of carbonyl (C=O) groups is 1. The molecule has 2 aliphatic rings. The molecule has 2 rings (SSSR count). The summed E-state index contributed by atoms with van der Waals surface area (Å²) in [5, 5.41) is 0. The second kappa shape index (κ2) is 6.50. The van der Waals surface area contributed by atoms with Crippen LogP contribution in [0.3, 0.4) is 0 Å². The molecule has 0 radical (unpaired) electrons. The monoisotopic (exact) mass is 254 g/mol. The van der Waals surface area contributed by atoms with Crippen molar-refractivity contribution in [1.82, 2.24) is 14.7 Å². The average Bonchev–Trinajstić information content (AvgIpc) is 2.40. The molecule has 0 bridgehead atoms. The lowest BCUT2D eigenvalue weighted by atomic mass is 10.0. The summed E-state index contributed by atoms with van der Waals surface area (Å²) < 4.78 is 0. The van der Waals surface area contributed by atoms with Crippen LogP contribution in [0.2, 0.25) is 0 Å². The van der Waals surface area contributed by atoms with Crippen LogP contribution in [0.15, 0.2) is 0 Å². The van der Waals surface area contributed by atoms with Crippen LogP contribution >= 0.6 is 0 Å². The predicted molar refractivity (Wildman–Crippen MR) is 72.3 cm³/mol. The van der Waals surface area contributed by atoms with E-state index in [0.29, 0.717) is 19.1 Å². The van der Waals surface area contributed by atoms with E-state index in [1.54, 1.807) is 0 Å². The number of amides is 1. The van der Waals surface area contributed by atoms with Gasteiger partial charge in [0.15, 0.2) is 0 Å². The van der Waals surface area contributed by atoms with Crippen LogP contribution < -0.4 is 5.73 Å². The Hall–Kier alpha value is -0.650. The van der Waals surface area contributed by atoms with Gasteiger partial charge in [-0.15, -0.1) is 0 Å². The van der Waals surface area contributed by atoms with E-state index >= 15 is 0 Å². The number of rotatable bonds is 3. The van der Waals surface area contributed by atoms with Gasteiger partial charge in [0.1, 0.15) is 0 Å². The van der Waals surface area contributed by atoms with Crippen molar-refractivity contribution in [2.24, 2.45) is 5.73 Å². The molecule has 0 aromatic carbocycles. The van der Waals surface area contributed by atoms with Crippen LogP contribution in [0.25, 0.3) is 0 Å². The maximum absolute atomic E-state index is 12.3. The highest BCUT2D eigenvalue weighted by Gasteiger charge is 2.26. The molecular weight excluding hydrogens is 228 g/mol. The van der Waals surface area contributed by atoms with E-state index in [2.05, 4.69) is 16.8 Å². The second-order valence-electron chi connectivity index (χ2n) is 5.54. The number of carbonyl (C=O) groups excluding carboxylic acids is 1. The first-order chi connectivity index (χ1) is 8.70. The molecule has 2 heterocycles. The van der Waals surface area contributed by atoms with Gasteiger partial charge in [-0.25, -0.2) is 0 Å². The first-order valence-corrected chi connectivity index (χ1v) is 7.11. The van der Waals surface area contributed by atoms with Gasteiger partial charge in [0, 0.05) is 38.8 Å². The average molecular weight is 254 g/mol. The fourth-order valence-corrected chi connectivity index (χ4v) is 2.86. The van der Waals surface area contributed by atoms with Crippen molar-refractivity contribution in [1.29, 1.82) is 0 Å². The Labute approximate surface area is 110 Å². The Balaban J connectivity index is 1.82. The van der Waals surface area contributed by atoms with Gasteiger partial charge in [0.25, 0.3) is 0 Å². The molecule has 5 heteroatoms. The van der Waals surface area contributed by atoms with Crippen LogP contribution in [0.5, 0.6) is 0 Å². The maximum atomic E-state index is 12.3. The van der Waals surface area contributed by atoms with Gasteiger partial charge < -0.3 is 15.5 Å². The molecule has 0 aromatic rings. The van der Waals surface area contributed by atoms with E-state index in [1.807, 2.05) is 4.90 Å². The summed E-state index contributed by atoms with van der Waals surface area (Å²) in [6.07, 6.45) is 3.60. The summed E-state index contributed by atoms with van der Waals surface area (Å²) in [4.78, 5) is 18.8. The first-order valence-electron chi connectivity index (χ1n) is 7.11. The Morgan fingerprint density at radius 3 is 2.56 bits per heavy atom. The Bertz CT molecular complexity index is 276. The number of piperazine rings is 1. The van der Waals surface area contributed by atoms with Gasteiger partial charge in [-0.1, -0.05) is 6.42 Å². The molecule has 104 valence electrons. The largest absolute Gasteiger partial charge is 0.339 e. The van der Waals surface area contributed by atoms with Gasteiger partial charge >= 0.3 is 0 Å². The van der Waals surface area contributed by atoms with Crippen molar-refractivity contribution in [2.45, 2.75) is 25.3 Å². The minimum atomic E-state index is 0.281. The summed E-state index contributed by atoms with van der Waals surface area (Å²) in [5.41, 5.74) is 5.79. The molecular formula is C13H26N4O. The molecule has 18 heavy (non-hydrogen) atoms. The molecule has 2 N–H and O–H groups in total. The predicted octanol–water partition coefficient (Wildman–Crippen LogP) is -0.426. The first kappa shape index (κ1) is 13.8. The highest BCUT2D eigenvalue weighted by atomic mass is 16.2. The molecule has 5 nitrogen and oxygen atoms in total. The van der Waals surface area contributed by atoms with Crippen molar-refractivity contribution in [2.75, 3.05) is 52.9 Å². The number of likely N-dealkylation sites (N-methyl/N-ethyl adjacent to an activating group) is 1. The molecule has 1 atom stereocenters. The van der Waals surface area contributed by atoms with Crippen LogP contribution in [-0.2, 0) is 4.79 Å². The quantitative estimate of drug-likeness (QED) is 0.743. The van der Waals surface area contributed by atoms with Crippen LogP contribution in [0.1, 0.15) is 19.3 Å². The zero-order valence-corrected chi connectivity index (χ0v) is 11.5. The molecule has 0 spiro atoms. The minimum absolute atomic E-state index is 0.281. The lowest BCUT2D eigenvalue weighted by Gasteiger charge is -2.37. The third-order valence-corrected chi connectivity index (χ3v) is 4.22. The smallest absolute Gasteiger partial charge is 0.236 e. The Morgan fingerprint density at radius 1 is 1.17 bits per heavy atom. The molecule has 2 fully saturated rings. The molecule has 2 saturated heterocycles. The molecule has 1 amide bonds. The van der Waals surface area contributed by atoms with Crippen LogP contribution in [0, 0.1) is 0 Å². The zero-order valence-electron chi connectivity index (χ0n) is 11.5. The van der Waals surface area contributed by atoms with Gasteiger partial charge in [-0.05, 0) is 26.4 Å². The fourth-order valence-electron chi connectivity index (χ4n) is 2.86. The number of hydrogen-bond donors (Lipinski definition) is 1. The van der Waals surface area contributed by atoms with E-state index in [4.69, 9.17) is 5.73 Å². The van der Waals surface area contributed by atoms with Crippen molar-refractivity contribution in [3.63, 3.8) is 0 Å². The van der Waals surface area contributed by atoms with Gasteiger partial charge in [0.2, 0.25) is 5.91 Å². The summed E-state index contributed by atoms with van der Waals surface area (Å²) >= 11 is 0. The third-order valence-electron chi connectivity index (χ3n) is 4.22. The summed E-state index contributed by atoms with van der Waals surface area (Å²) in [7, 11) is 2.11. The number of nitrogens with zero attached hydrogens (tertiary/aromatic N) is 3. The van der Waals surface area contributed by atoms with Crippen molar-refractivity contribution < 1.29 is 4.79 Å². The SMILES string of the molecule is CN1CCN(C(=O)CN2CCCCC2CN)CC1. The normalized spacial score (nSPS) is 27.4. The maximum Gasteiger partial charge on any atom is 0.236 e. The van der Waals surface area contributed by atoms with Crippen molar-refractivity contribution in [3.05, 3.63) is 0 Å². The molecule has 0 aliphatic carbocycles. The summed E-state index contributed by atoms with van der Waals surface area (Å²) in [6, 6.07) is 0.412.